The molecule has 2 rings (SSSR count). The molecule has 0 aliphatic heterocycles. The lowest BCUT2D eigenvalue weighted by atomic mass is 9.91. The molecule has 2 unspecified atom stereocenters. The summed E-state index contributed by atoms with van der Waals surface area (Å²) in [4.78, 5) is 0. The molecule has 15 heavy (non-hydrogen) atoms. The second-order valence-electron chi connectivity index (χ2n) is 4.21. The highest BCUT2D eigenvalue weighted by molar-refractivity contribution is 9.10. The second kappa shape index (κ2) is 4.99. The number of halogens is 1. The molecule has 3 heteroatoms. The summed E-state index contributed by atoms with van der Waals surface area (Å²) in [5, 5.41) is 3.52. The fourth-order valence-corrected chi connectivity index (χ4v) is 2.53. The van der Waals surface area contributed by atoms with E-state index in [1.54, 1.807) is 0 Å². The molecule has 0 bridgehead atoms. The molecule has 0 amide bonds. The van der Waals surface area contributed by atoms with Crippen LogP contribution in [0.25, 0.3) is 0 Å². The first kappa shape index (κ1) is 11.0. The van der Waals surface area contributed by atoms with Gasteiger partial charge < -0.3 is 11.1 Å². The van der Waals surface area contributed by atoms with Gasteiger partial charge in [-0.25, -0.2) is 0 Å². The van der Waals surface area contributed by atoms with Gasteiger partial charge in [-0.2, -0.15) is 0 Å². The molecule has 0 spiro atoms. The molecule has 1 aliphatic rings. The van der Waals surface area contributed by atoms with Crippen LogP contribution in [0.1, 0.15) is 25.7 Å². The van der Waals surface area contributed by atoms with Gasteiger partial charge in [-0.3, -0.25) is 0 Å². The third-order valence-corrected chi connectivity index (χ3v) is 3.49. The zero-order chi connectivity index (χ0) is 10.7. The summed E-state index contributed by atoms with van der Waals surface area (Å²) < 4.78 is 1.11. The van der Waals surface area contributed by atoms with E-state index in [1.807, 2.05) is 12.1 Å². The van der Waals surface area contributed by atoms with Gasteiger partial charge in [0, 0.05) is 22.2 Å². The molecule has 0 heterocycles. The fourth-order valence-electron chi connectivity index (χ4n) is 2.13. The van der Waals surface area contributed by atoms with E-state index in [-0.39, 0.29) is 0 Å². The number of benzene rings is 1. The summed E-state index contributed by atoms with van der Waals surface area (Å²) in [6.07, 6.45) is 4.90. The molecule has 1 fully saturated rings. The molecule has 1 aromatic carbocycles. The molecule has 1 aliphatic carbocycles. The van der Waals surface area contributed by atoms with Gasteiger partial charge in [0.1, 0.15) is 0 Å². The average molecular weight is 269 g/mol. The predicted octanol–water partition coefficient (Wildman–Crippen LogP) is 3.13. The maximum Gasteiger partial charge on any atom is 0.0412 e. The van der Waals surface area contributed by atoms with Crippen molar-refractivity contribution in [2.45, 2.75) is 37.8 Å². The molecule has 3 N–H and O–H groups in total. The summed E-state index contributed by atoms with van der Waals surface area (Å²) in [7, 11) is 0. The molecule has 0 saturated heterocycles. The number of nitrogens with one attached hydrogen (secondary N) is 1. The maximum atomic E-state index is 6.09. The Morgan fingerprint density at radius 3 is 2.80 bits per heavy atom. The van der Waals surface area contributed by atoms with Crippen LogP contribution in [0.4, 0.5) is 5.69 Å². The largest absolute Gasteiger partial charge is 0.381 e. The van der Waals surface area contributed by atoms with Crippen LogP contribution in [-0.4, -0.2) is 12.1 Å². The van der Waals surface area contributed by atoms with Crippen molar-refractivity contribution in [3.63, 3.8) is 0 Å². The molecule has 1 aromatic rings. The second-order valence-corrected chi connectivity index (χ2v) is 5.13. The van der Waals surface area contributed by atoms with Gasteiger partial charge in [0.05, 0.1) is 0 Å². The molecule has 2 nitrogen and oxygen atoms in total. The van der Waals surface area contributed by atoms with Crippen molar-refractivity contribution in [2.24, 2.45) is 5.73 Å². The Balaban J connectivity index is 2.01. The van der Waals surface area contributed by atoms with E-state index in [1.165, 1.54) is 19.3 Å². The van der Waals surface area contributed by atoms with Crippen LogP contribution in [0.3, 0.4) is 0 Å². The fraction of sp³-hybridized carbons (Fsp3) is 0.500. The van der Waals surface area contributed by atoms with Crippen molar-refractivity contribution in [1.82, 2.24) is 0 Å². The zero-order valence-corrected chi connectivity index (χ0v) is 10.3. The third-order valence-electron chi connectivity index (χ3n) is 3.00. The van der Waals surface area contributed by atoms with Crippen LogP contribution >= 0.6 is 15.9 Å². The minimum absolute atomic E-state index is 0.303. The topological polar surface area (TPSA) is 38.0 Å². The van der Waals surface area contributed by atoms with Gasteiger partial charge in [0.15, 0.2) is 0 Å². The molecule has 0 aromatic heterocycles. The van der Waals surface area contributed by atoms with Gasteiger partial charge >= 0.3 is 0 Å². The van der Waals surface area contributed by atoms with E-state index in [0.29, 0.717) is 12.1 Å². The summed E-state index contributed by atoms with van der Waals surface area (Å²) in [6, 6.07) is 9.01. The first-order valence-electron chi connectivity index (χ1n) is 5.53. The number of nitrogens with two attached hydrogens (primary N) is 1. The Hall–Kier alpha value is -0.540. The minimum Gasteiger partial charge on any atom is -0.381 e. The van der Waals surface area contributed by atoms with Crippen molar-refractivity contribution in [3.8, 4) is 0 Å². The first-order valence-corrected chi connectivity index (χ1v) is 6.33. The molecular weight excluding hydrogens is 252 g/mol. The number of hydrogen-bond acceptors (Lipinski definition) is 2. The van der Waals surface area contributed by atoms with E-state index in [2.05, 4.69) is 33.4 Å². The Morgan fingerprint density at radius 2 is 2.07 bits per heavy atom. The van der Waals surface area contributed by atoms with E-state index in [4.69, 9.17) is 5.73 Å². The Kier molecular flexibility index (Phi) is 3.65. The maximum absolute atomic E-state index is 6.09. The summed E-state index contributed by atoms with van der Waals surface area (Å²) >= 11 is 3.47. The van der Waals surface area contributed by atoms with Gasteiger partial charge in [0.2, 0.25) is 0 Å². The van der Waals surface area contributed by atoms with Gasteiger partial charge in [-0.1, -0.05) is 34.8 Å². The summed E-state index contributed by atoms with van der Waals surface area (Å²) in [6.45, 7) is 0. The van der Waals surface area contributed by atoms with Crippen LogP contribution in [0.5, 0.6) is 0 Å². The molecule has 0 radical (unpaired) electrons. The average Bonchev–Trinajstić information content (AvgIpc) is 2.22. The van der Waals surface area contributed by atoms with E-state index < -0.39 is 0 Å². The summed E-state index contributed by atoms with van der Waals surface area (Å²) in [5.74, 6) is 0. The highest BCUT2D eigenvalue weighted by atomic mass is 79.9. The van der Waals surface area contributed by atoms with Crippen molar-refractivity contribution in [1.29, 1.82) is 0 Å². The van der Waals surface area contributed by atoms with Gasteiger partial charge in [0.25, 0.3) is 0 Å². The number of anilines is 1. The highest BCUT2D eigenvalue weighted by Crippen LogP contribution is 2.22. The predicted molar refractivity (Wildman–Crippen MR) is 68.0 cm³/mol. The lowest BCUT2D eigenvalue weighted by Gasteiger charge is -2.30. The normalized spacial score (nSPS) is 26.3. The van der Waals surface area contributed by atoms with Crippen LogP contribution in [0, 0.1) is 0 Å². The Labute approximate surface area is 99.4 Å². The van der Waals surface area contributed by atoms with Crippen LogP contribution in [0.2, 0.25) is 0 Å². The van der Waals surface area contributed by atoms with E-state index in [9.17, 15) is 0 Å². The number of hydrogen-bond donors (Lipinski definition) is 2. The van der Waals surface area contributed by atoms with Crippen LogP contribution in [0.15, 0.2) is 28.7 Å². The van der Waals surface area contributed by atoms with Crippen molar-refractivity contribution in [3.05, 3.63) is 28.7 Å². The first-order chi connectivity index (χ1) is 7.25. The zero-order valence-electron chi connectivity index (χ0n) is 8.75. The summed E-state index contributed by atoms with van der Waals surface area (Å²) in [5.41, 5.74) is 7.25. The monoisotopic (exact) mass is 268 g/mol. The number of rotatable bonds is 2. The Morgan fingerprint density at radius 1 is 1.27 bits per heavy atom. The van der Waals surface area contributed by atoms with Gasteiger partial charge in [-0.05, 0) is 31.0 Å². The highest BCUT2D eigenvalue weighted by Gasteiger charge is 2.21. The standard InChI is InChI=1S/C12H17BrN2/c13-9-4-3-5-10(8-9)15-12-7-2-1-6-11(12)14/h3-5,8,11-12,15H,1-2,6-7,14H2. The SMILES string of the molecule is NC1CCCCC1Nc1cccc(Br)c1. The van der Waals surface area contributed by atoms with Crippen molar-refractivity contribution in [2.75, 3.05) is 5.32 Å². The molecule has 2 atom stereocenters. The third kappa shape index (κ3) is 2.95. The molecule has 82 valence electrons. The lowest BCUT2D eigenvalue weighted by molar-refractivity contribution is 0.404. The van der Waals surface area contributed by atoms with E-state index in [0.717, 1.165) is 16.6 Å². The smallest absolute Gasteiger partial charge is 0.0412 e. The van der Waals surface area contributed by atoms with Crippen molar-refractivity contribution >= 4 is 21.6 Å². The van der Waals surface area contributed by atoms with Gasteiger partial charge in [-0.15, -0.1) is 0 Å². The van der Waals surface area contributed by atoms with Crippen LogP contribution in [-0.2, 0) is 0 Å². The minimum atomic E-state index is 0.303. The Bertz CT molecular complexity index is 327. The van der Waals surface area contributed by atoms with Crippen LogP contribution < -0.4 is 11.1 Å². The van der Waals surface area contributed by atoms with Crippen molar-refractivity contribution < 1.29 is 0 Å². The quantitative estimate of drug-likeness (QED) is 0.865. The molecule has 1 saturated carbocycles. The van der Waals surface area contributed by atoms with E-state index >= 15 is 0 Å². The molecular formula is C12H17BrN2. The lowest BCUT2D eigenvalue weighted by Crippen LogP contribution is -2.42.